The molecule has 5 rings (SSSR count). The molecule has 178 valence electrons. The number of nitrogens with zero attached hydrogens (tertiary/aromatic N) is 3. The molecule has 0 spiro atoms. The van der Waals surface area contributed by atoms with Gasteiger partial charge in [0, 0.05) is 42.4 Å². The third-order valence-corrected chi connectivity index (χ3v) is 6.86. The highest BCUT2D eigenvalue weighted by molar-refractivity contribution is 6.30. The smallest absolute Gasteiger partial charge is 0.240 e. The van der Waals surface area contributed by atoms with Crippen LogP contribution in [-0.2, 0) is 37.4 Å². The zero-order chi connectivity index (χ0) is 24.2. The lowest BCUT2D eigenvalue weighted by Gasteiger charge is -2.25. The minimum atomic E-state index is -0.336. The summed E-state index contributed by atoms with van der Waals surface area (Å²) < 4.78 is 2.09. The lowest BCUT2D eigenvalue weighted by Crippen LogP contribution is -2.45. The fraction of sp³-hybridized carbons (Fsp3) is 0.214. The van der Waals surface area contributed by atoms with E-state index < -0.39 is 0 Å². The van der Waals surface area contributed by atoms with Gasteiger partial charge in [0.1, 0.15) is 0 Å². The Hall–Kier alpha value is -3.12. The van der Waals surface area contributed by atoms with E-state index in [1.807, 2.05) is 78.1 Å². The molecule has 1 N–H and O–H groups in total. The van der Waals surface area contributed by atoms with Gasteiger partial charge in [0.25, 0.3) is 0 Å². The molecule has 3 aromatic carbocycles. The van der Waals surface area contributed by atoms with Crippen molar-refractivity contribution in [1.29, 1.82) is 0 Å². The van der Waals surface area contributed by atoms with Crippen LogP contribution in [0.2, 0.25) is 10.0 Å². The van der Waals surface area contributed by atoms with Gasteiger partial charge >= 0.3 is 0 Å². The summed E-state index contributed by atoms with van der Waals surface area (Å²) >= 11 is 12.2. The maximum atomic E-state index is 13.7. The monoisotopic (exact) mass is 504 g/mol. The quantitative estimate of drug-likeness (QED) is 0.362. The van der Waals surface area contributed by atoms with E-state index in [0.717, 1.165) is 21.8 Å². The van der Waals surface area contributed by atoms with Gasteiger partial charge in [-0.1, -0.05) is 71.7 Å². The van der Waals surface area contributed by atoms with Crippen molar-refractivity contribution < 1.29 is 4.79 Å². The number of hydrogen-bond acceptors (Lipinski definition) is 3. The average Bonchev–Trinajstić information content (AvgIpc) is 3.24. The molecule has 0 unspecified atom stereocenters. The lowest BCUT2D eigenvalue weighted by atomic mass is 10.0. The van der Waals surface area contributed by atoms with E-state index in [0.29, 0.717) is 37.6 Å². The molecule has 4 aromatic rings. The third kappa shape index (κ3) is 5.76. The van der Waals surface area contributed by atoms with Gasteiger partial charge in [0.2, 0.25) is 5.91 Å². The standard InChI is InChI=1S/C28H26Cl2N4O/c29-24-10-8-20(9-11-24)16-34-19-31-14-26(34)15-32-27-13-22-5-1-2-6-23(22)18-33(28(27)35)17-21-4-3-7-25(30)12-21/h1-12,14,19,27,32H,13,15-18H2/t27-/m0/s1. The molecule has 0 fully saturated rings. The number of hydrogen-bond donors (Lipinski definition) is 1. The molecule has 1 aromatic heterocycles. The summed E-state index contributed by atoms with van der Waals surface area (Å²) in [5.41, 5.74) is 5.55. The average molecular weight is 505 g/mol. The molecule has 1 atom stereocenters. The van der Waals surface area contributed by atoms with Crippen LogP contribution in [0.1, 0.15) is 27.9 Å². The Labute approximate surface area is 215 Å². The lowest BCUT2D eigenvalue weighted by molar-refractivity contribution is -0.134. The largest absolute Gasteiger partial charge is 0.333 e. The first-order valence-corrected chi connectivity index (χ1v) is 12.4. The van der Waals surface area contributed by atoms with E-state index in [1.165, 1.54) is 11.1 Å². The predicted octanol–water partition coefficient (Wildman–Crippen LogP) is 5.48. The predicted molar refractivity (Wildman–Crippen MR) is 139 cm³/mol. The highest BCUT2D eigenvalue weighted by Gasteiger charge is 2.29. The summed E-state index contributed by atoms with van der Waals surface area (Å²) in [6.07, 6.45) is 4.31. The number of benzene rings is 3. The van der Waals surface area contributed by atoms with E-state index >= 15 is 0 Å². The number of carbonyl (C=O) groups excluding carboxylic acids is 1. The highest BCUT2D eigenvalue weighted by Crippen LogP contribution is 2.23. The number of amides is 1. The fourth-order valence-electron chi connectivity index (χ4n) is 4.52. The van der Waals surface area contributed by atoms with E-state index in [9.17, 15) is 4.79 Å². The first-order chi connectivity index (χ1) is 17.0. The second kappa shape index (κ2) is 10.6. The topological polar surface area (TPSA) is 50.2 Å². The number of aromatic nitrogens is 2. The second-order valence-electron chi connectivity index (χ2n) is 8.87. The molecule has 5 nitrogen and oxygen atoms in total. The molecule has 0 radical (unpaired) electrons. The zero-order valence-corrected chi connectivity index (χ0v) is 20.7. The van der Waals surface area contributed by atoms with Crippen LogP contribution < -0.4 is 5.32 Å². The Morgan fingerprint density at radius 2 is 1.69 bits per heavy atom. The SMILES string of the molecule is O=C1[C@@H](NCc2cncn2Cc2ccc(Cl)cc2)Cc2ccccc2CN1Cc1cccc(Cl)c1. The summed E-state index contributed by atoms with van der Waals surface area (Å²) in [4.78, 5) is 19.9. The van der Waals surface area contributed by atoms with Crippen molar-refractivity contribution in [3.8, 4) is 0 Å². The molecule has 0 bridgehead atoms. The Bertz CT molecular complexity index is 1320. The zero-order valence-electron chi connectivity index (χ0n) is 19.2. The van der Waals surface area contributed by atoms with Crippen molar-refractivity contribution in [2.24, 2.45) is 0 Å². The van der Waals surface area contributed by atoms with E-state index in [1.54, 1.807) is 0 Å². The summed E-state index contributed by atoms with van der Waals surface area (Å²) in [7, 11) is 0. The van der Waals surface area contributed by atoms with Crippen molar-refractivity contribution in [2.75, 3.05) is 0 Å². The molecular weight excluding hydrogens is 479 g/mol. The van der Waals surface area contributed by atoms with Crippen molar-refractivity contribution in [3.05, 3.63) is 123 Å². The van der Waals surface area contributed by atoms with Crippen molar-refractivity contribution in [3.63, 3.8) is 0 Å². The molecule has 0 saturated carbocycles. The van der Waals surface area contributed by atoms with Gasteiger partial charge in [-0.05, 0) is 52.9 Å². The summed E-state index contributed by atoms with van der Waals surface area (Å²) in [6, 6.07) is 23.5. The van der Waals surface area contributed by atoms with Gasteiger partial charge in [0.15, 0.2) is 0 Å². The van der Waals surface area contributed by atoms with Crippen LogP contribution in [0.25, 0.3) is 0 Å². The van der Waals surface area contributed by atoms with Crippen molar-refractivity contribution in [1.82, 2.24) is 19.8 Å². The number of nitrogens with one attached hydrogen (secondary N) is 1. The van der Waals surface area contributed by atoms with Crippen LogP contribution in [0.15, 0.2) is 85.3 Å². The maximum absolute atomic E-state index is 13.7. The van der Waals surface area contributed by atoms with E-state index in [2.05, 4.69) is 27.0 Å². The van der Waals surface area contributed by atoms with Crippen molar-refractivity contribution in [2.45, 2.75) is 38.6 Å². The summed E-state index contributed by atoms with van der Waals surface area (Å²) in [5, 5.41) is 4.91. The molecule has 2 heterocycles. The number of imidazole rings is 1. The number of rotatable bonds is 7. The Kier molecular flexibility index (Phi) is 7.19. The molecule has 35 heavy (non-hydrogen) atoms. The normalized spacial score (nSPS) is 15.7. The van der Waals surface area contributed by atoms with Crippen LogP contribution in [0.3, 0.4) is 0 Å². The van der Waals surface area contributed by atoms with Gasteiger partial charge in [-0.3, -0.25) is 10.1 Å². The molecule has 7 heteroatoms. The fourth-order valence-corrected chi connectivity index (χ4v) is 4.86. The van der Waals surface area contributed by atoms with E-state index in [-0.39, 0.29) is 11.9 Å². The maximum Gasteiger partial charge on any atom is 0.240 e. The van der Waals surface area contributed by atoms with Crippen LogP contribution in [-0.4, -0.2) is 26.4 Å². The van der Waals surface area contributed by atoms with Crippen molar-refractivity contribution >= 4 is 29.1 Å². The Morgan fingerprint density at radius 3 is 2.49 bits per heavy atom. The Morgan fingerprint density at radius 1 is 0.886 bits per heavy atom. The van der Waals surface area contributed by atoms with Crippen LogP contribution in [0.5, 0.6) is 0 Å². The minimum Gasteiger partial charge on any atom is -0.333 e. The third-order valence-electron chi connectivity index (χ3n) is 6.37. The molecule has 1 aliphatic heterocycles. The van der Waals surface area contributed by atoms with Crippen LogP contribution >= 0.6 is 23.2 Å². The molecule has 0 aliphatic carbocycles. The molecular formula is C28H26Cl2N4O. The van der Waals surface area contributed by atoms with Gasteiger partial charge in [-0.2, -0.15) is 0 Å². The van der Waals surface area contributed by atoms with Crippen LogP contribution in [0, 0.1) is 0 Å². The first kappa shape index (κ1) is 23.6. The Balaban J connectivity index is 1.34. The number of fused-ring (bicyclic) bond motifs is 1. The number of halogens is 2. The second-order valence-corrected chi connectivity index (χ2v) is 9.74. The minimum absolute atomic E-state index is 0.0879. The summed E-state index contributed by atoms with van der Waals surface area (Å²) in [5.74, 6) is 0.0879. The molecule has 0 saturated heterocycles. The molecule has 1 aliphatic rings. The first-order valence-electron chi connectivity index (χ1n) is 11.6. The van der Waals surface area contributed by atoms with Gasteiger partial charge < -0.3 is 9.47 Å². The molecule has 1 amide bonds. The van der Waals surface area contributed by atoms with E-state index in [4.69, 9.17) is 23.2 Å². The van der Waals surface area contributed by atoms with Gasteiger partial charge in [-0.25, -0.2) is 4.98 Å². The van der Waals surface area contributed by atoms with Gasteiger partial charge in [-0.15, -0.1) is 0 Å². The van der Waals surface area contributed by atoms with Crippen LogP contribution in [0.4, 0.5) is 0 Å². The summed E-state index contributed by atoms with van der Waals surface area (Å²) in [6.45, 7) is 2.32. The van der Waals surface area contributed by atoms with Gasteiger partial charge in [0.05, 0.1) is 18.1 Å². The number of carbonyl (C=O) groups is 1. The highest BCUT2D eigenvalue weighted by atomic mass is 35.5.